The SMILES string of the molecule is C=c1/c(=C\c2ccc(N(c3ccccc3)c3ccccc3)cc2)oc(=NC2CCCCC2)n1C1CCCCC1. The first-order chi connectivity index (χ1) is 19.3. The van der Waals surface area contributed by atoms with Crippen molar-refractivity contribution in [1.82, 2.24) is 4.57 Å². The highest BCUT2D eigenvalue weighted by atomic mass is 16.3. The summed E-state index contributed by atoms with van der Waals surface area (Å²) in [4.78, 5) is 7.43. The molecule has 2 aliphatic rings. The zero-order chi connectivity index (χ0) is 26.4. The molecule has 3 aromatic carbocycles. The van der Waals surface area contributed by atoms with E-state index in [-0.39, 0.29) is 0 Å². The summed E-state index contributed by atoms with van der Waals surface area (Å²) in [5.74, 6) is 0. The van der Waals surface area contributed by atoms with Gasteiger partial charge in [-0.05, 0) is 73.7 Å². The lowest BCUT2D eigenvalue weighted by Gasteiger charge is -2.25. The topological polar surface area (TPSA) is 33.7 Å². The Morgan fingerprint density at radius 3 is 1.82 bits per heavy atom. The van der Waals surface area contributed by atoms with Crippen LogP contribution in [0.4, 0.5) is 17.1 Å². The molecule has 0 spiro atoms. The Hall–Kier alpha value is -3.79. The zero-order valence-corrected chi connectivity index (χ0v) is 22.8. The average molecular weight is 518 g/mol. The molecule has 0 amide bonds. The van der Waals surface area contributed by atoms with Crippen LogP contribution < -0.4 is 21.3 Å². The number of anilines is 3. The van der Waals surface area contributed by atoms with Gasteiger partial charge in [-0.15, -0.1) is 0 Å². The summed E-state index contributed by atoms with van der Waals surface area (Å²) in [5, 5.41) is 0.954. The maximum Gasteiger partial charge on any atom is 0.298 e. The van der Waals surface area contributed by atoms with Crippen LogP contribution in [0, 0.1) is 0 Å². The van der Waals surface area contributed by atoms with Crippen LogP contribution in [0.2, 0.25) is 0 Å². The molecule has 1 aromatic heterocycles. The number of oxazole rings is 1. The molecule has 0 atom stereocenters. The van der Waals surface area contributed by atoms with Crippen molar-refractivity contribution < 1.29 is 4.42 Å². The van der Waals surface area contributed by atoms with E-state index in [1.807, 2.05) is 0 Å². The molecule has 0 radical (unpaired) electrons. The lowest BCUT2D eigenvalue weighted by atomic mass is 9.95. The van der Waals surface area contributed by atoms with E-state index in [0.29, 0.717) is 12.1 Å². The third-order valence-corrected chi connectivity index (χ3v) is 8.27. The minimum absolute atomic E-state index is 0.369. The number of aromatic nitrogens is 1. The number of nitrogens with zero attached hydrogens (tertiary/aromatic N) is 3. The Morgan fingerprint density at radius 2 is 1.23 bits per heavy atom. The second kappa shape index (κ2) is 11.9. The highest BCUT2D eigenvalue weighted by molar-refractivity contribution is 5.76. The standard InChI is InChI=1S/C35H39N3O/c1-27-34(39-35(36-29-14-6-2-7-15-29)37(27)30-16-8-3-9-17-30)26-28-22-24-33(25-23-28)38(31-18-10-4-11-19-31)32-20-12-5-13-21-32/h4-5,10-13,18-26,29-30H,1-3,6-9,14-17H2/b34-26+,36-35?. The number of benzene rings is 3. The van der Waals surface area contributed by atoms with Crippen molar-refractivity contribution in [3.8, 4) is 0 Å². The van der Waals surface area contributed by atoms with Gasteiger partial charge in [0, 0.05) is 23.1 Å². The second-order valence-corrected chi connectivity index (χ2v) is 11.0. The summed E-state index contributed by atoms with van der Waals surface area (Å²) in [7, 11) is 0. The van der Waals surface area contributed by atoms with Gasteiger partial charge in [0.05, 0.1) is 11.4 Å². The third-order valence-electron chi connectivity index (χ3n) is 8.27. The van der Waals surface area contributed by atoms with Gasteiger partial charge in [0.2, 0.25) is 0 Å². The largest absolute Gasteiger partial charge is 0.424 e. The van der Waals surface area contributed by atoms with E-state index in [4.69, 9.17) is 9.41 Å². The predicted octanol–water partition coefficient (Wildman–Crippen LogP) is 7.53. The van der Waals surface area contributed by atoms with Crippen molar-refractivity contribution in [2.24, 2.45) is 4.99 Å². The van der Waals surface area contributed by atoms with Gasteiger partial charge in [-0.1, -0.05) is 93.6 Å². The second-order valence-electron chi connectivity index (χ2n) is 11.0. The molecule has 0 unspecified atom stereocenters. The first-order valence-corrected chi connectivity index (χ1v) is 14.7. The molecule has 0 bridgehead atoms. The molecular formula is C35H39N3O. The van der Waals surface area contributed by atoms with Crippen molar-refractivity contribution in [3.05, 3.63) is 107 Å². The van der Waals surface area contributed by atoms with Crippen LogP contribution >= 0.6 is 0 Å². The molecule has 6 rings (SSSR count). The molecule has 4 aromatic rings. The number of rotatable bonds is 6. The van der Waals surface area contributed by atoms with Gasteiger partial charge < -0.3 is 9.32 Å². The van der Waals surface area contributed by atoms with E-state index in [0.717, 1.165) is 51.9 Å². The molecule has 4 nitrogen and oxygen atoms in total. The molecule has 0 N–H and O–H groups in total. The van der Waals surface area contributed by atoms with Gasteiger partial charge in [-0.3, -0.25) is 4.57 Å². The van der Waals surface area contributed by atoms with E-state index < -0.39 is 0 Å². The smallest absolute Gasteiger partial charge is 0.298 e. The Labute approximate surface area is 231 Å². The Bertz CT molecular complexity index is 1480. The van der Waals surface area contributed by atoms with Crippen molar-refractivity contribution >= 4 is 29.7 Å². The molecule has 2 fully saturated rings. The van der Waals surface area contributed by atoms with Gasteiger partial charge in [0.15, 0.2) is 5.42 Å². The fourth-order valence-corrected chi connectivity index (χ4v) is 6.20. The van der Waals surface area contributed by atoms with Crippen molar-refractivity contribution in [2.45, 2.75) is 76.3 Å². The fourth-order valence-electron chi connectivity index (χ4n) is 6.20. The van der Waals surface area contributed by atoms with Crippen LogP contribution in [0.25, 0.3) is 12.7 Å². The fraction of sp³-hybridized carbons (Fsp3) is 0.343. The van der Waals surface area contributed by atoms with Crippen molar-refractivity contribution in [2.75, 3.05) is 4.90 Å². The predicted molar refractivity (Wildman–Crippen MR) is 161 cm³/mol. The summed E-state index contributed by atoms with van der Waals surface area (Å²) >= 11 is 0. The van der Waals surface area contributed by atoms with E-state index in [2.05, 4.69) is 107 Å². The van der Waals surface area contributed by atoms with Gasteiger partial charge in [-0.25, -0.2) is 4.99 Å². The van der Waals surface area contributed by atoms with Crippen LogP contribution in [-0.4, -0.2) is 10.6 Å². The first kappa shape index (κ1) is 25.5. The Kier molecular flexibility index (Phi) is 7.80. The Morgan fingerprint density at radius 1 is 0.692 bits per heavy atom. The van der Waals surface area contributed by atoms with Crippen molar-refractivity contribution in [1.29, 1.82) is 0 Å². The lowest BCUT2D eigenvalue weighted by molar-refractivity contribution is 0.310. The van der Waals surface area contributed by atoms with E-state index in [9.17, 15) is 0 Å². The first-order valence-electron chi connectivity index (χ1n) is 14.7. The van der Waals surface area contributed by atoms with Crippen LogP contribution in [0.5, 0.6) is 0 Å². The third kappa shape index (κ3) is 5.80. The highest BCUT2D eigenvalue weighted by Crippen LogP contribution is 2.34. The molecule has 39 heavy (non-hydrogen) atoms. The molecule has 0 saturated heterocycles. The zero-order valence-electron chi connectivity index (χ0n) is 22.8. The molecular weight excluding hydrogens is 478 g/mol. The monoisotopic (exact) mass is 517 g/mol. The van der Waals surface area contributed by atoms with Gasteiger partial charge in [-0.2, -0.15) is 0 Å². The van der Waals surface area contributed by atoms with Crippen molar-refractivity contribution in [3.63, 3.8) is 0 Å². The van der Waals surface area contributed by atoms with E-state index in [1.54, 1.807) is 0 Å². The molecule has 200 valence electrons. The molecule has 4 heteroatoms. The van der Waals surface area contributed by atoms with E-state index in [1.165, 1.54) is 51.4 Å². The summed E-state index contributed by atoms with van der Waals surface area (Å²) in [5.41, 5.74) is 6.08. The summed E-state index contributed by atoms with van der Waals surface area (Å²) in [6.07, 6.45) is 14.5. The van der Waals surface area contributed by atoms with Gasteiger partial charge in [0.25, 0.3) is 5.68 Å². The summed E-state index contributed by atoms with van der Waals surface area (Å²) < 4.78 is 8.81. The maximum absolute atomic E-state index is 6.49. The van der Waals surface area contributed by atoms with Crippen LogP contribution in [0.1, 0.15) is 75.8 Å². The molecule has 0 aliphatic heterocycles. The summed E-state index contributed by atoms with van der Waals surface area (Å²) in [6.45, 7) is 4.50. The quantitative estimate of drug-likeness (QED) is 0.265. The molecule has 2 saturated carbocycles. The van der Waals surface area contributed by atoms with Crippen LogP contribution in [-0.2, 0) is 0 Å². The Balaban J connectivity index is 1.37. The van der Waals surface area contributed by atoms with Crippen LogP contribution in [0.3, 0.4) is 0 Å². The minimum Gasteiger partial charge on any atom is -0.424 e. The number of hydrogen-bond acceptors (Lipinski definition) is 3. The average Bonchev–Trinajstić information content (AvgIpc) is 3.30. The lowest BCUT2D eigenvalue weighted by Crippen LogP contribution is -2.36. The highest BCUT2D eigenvalue weighted by Gasteiger charge is 2.20. The summed E-state index contributed by atoms with van der Waals surface area (Å²) in [6, 6.07) is 30.5. The van der Waals surface area contributed by atoms with Gasteiger partial charge >= 0.3 is 0 Å². The number of hydrogen-bond donors (Lipinski definition) is 0. The normalized spacial score (nSPS) is 17.9. The maximum atomic E-state index is 6.49. The number of para-hydroxylation sites is 2. The molecule has 2 aliphatic carbocycles. The van der Waals surface area contributed by atoms with Crippen LogP contribution in [0.15, 0.2) is 94.3 Å². The molecule has 1 heterocycles. The van der Waals surface area contributed by atoms with E-state index >= 15 is 0 Å². The minimum atomic E-state index is 0.369. The van der Waals surface area contributed by atoms with Gasteiger partial charge in [0.1, 0.15) is 0 Å².